The molecule has 4 rings (SSSR count). The molecule has 0 aromatic carbocycles. The van der Waals surface area contributed by atoms with E-state index >= 15 is 0 Å². The highest BCUT2D eigenvalue weighted by atomic mass is 16.6. The van der Waals surface area contributed by atoms with Crippen molar-refractivity contribution in [1.29, 1.82) is 0 Å². The molecular formula is C51H79NO13. The number of carbonyl (C=O) groups is 5. The second-order valence-electron chi connectivity index (χ2n) is 19.6. The van der Waals surface area contributed by atoms with Crippen LogP contribution in [-0.4, -0.2) is 132 Å². The topological polar surface area (TPSA) is 195 Å². The van der Waals surface area contributed by atoms with Crippen LogP contribution in [0.5, 0.6) is 0 Å². The zero-order chi connectivity index (χ0) is 48.2. The van der Waals surface area contributed by atoms with Crippen LogP contribution in [0.2, 0.25) is 0 Å². The molecule has 0 aromatic heterocycles. The van der Waals surface area contributed by atoms with Gasteiger partial charge in [0, 0.05) is 58.5 Å². The lowest BCUT2D eigenvalue weighted by molar-refractivity contribution is -0.265. The summed E-state index contributed by atoms with van der Waals surface area (Å²) in [4.78, 5) is 71.8. The van der Waals surface area contributed by atoms with Crippen LogP contribution in [0.3, 0.4) is 0 Å². The highest BCUT2D eigenvalue weighted by molar-refractivity contribution is 6.39. The molecular weight excluding hydrogens is 835 g/mol. The standard InChI is InChI=1S/C51H79NO13/c1-30-16-12-11-13-17-31(2)42(61-8)28-38-21-19-36(7)51(60,65-38)48(57)49(58)52-23-15-14-18-39(52)50(59)64-43(33(4)26-37-20-22-40(53)44(27-37)62-9)29-41(54)32(3)25-35(6)46(56)47(63-10)45(55)34(5)24-30/h11-13,16-17,25,30,32-34,36-40,42-44,46-47,53,56,60H,14-15,18-24,26-29H2,1-10H3/b13-11+,16-12+,31-17+,35-25+/t30-,32-,33-,34-,36-,37+,38+,39+,40-,42+,43-,44-,46-,47+,51-/m1/s1. The fourth-order valence-corrected chi connectivity index (χ4v) is 10.1. The first-order chi connectivity index (χ1) is 30.7. The van der Waals surface area contributed by atoms with E-state index < -0.39 is 83.9 Å². The van der Waals surface area contributed by atoms with Crippen molar-refractivity contribution in [2.45, 2.75) is 180 Å². The van der Waals surface area contributed by atoms with E-state index in [9.17, 15) is 39.3 Å². The Morgan fingerprint density at radius 3 is 2.25 bits per heavy atom. The maximum atomic E-state index is 14.4. The average molecular weight is 914 g/mol. The predicted molar refractivity (Wildman–Crippen MR) is 245 cm³/mol. The van der Waals surface area contributed by atoms with Crippen molar-refractivity contribution < 1.29 is 63.0 Å². The van der Waals surface area contributed by atoms with Crippen molar-refractivity contribution in [3.8, 4) is 0 Å². The SMILES string of the molecule is CO[C@H]1C[C@@H]2CC[C@@H](C)[C@@](O)(O2)C(=O)C(=O)N2CCCC[C@H]2C(=O)O[C@@H]([C@H](C)C[C@@H]2CC[C@@H](O)[C@H](OC)C2)CC(=O)[C@H](C)/C=C(\C)[C@@H](O)[C@@H](OC)C(=O)[C@H](C)C[C@H](C)/C=C/C=C/C=C/1C. The number of aliphatic hydroxyl groups excluding tert-OH is 2. The first-order valence-corrected chi connectivity index (χ1v) is 23.9. The maximum absolute atomic E-state index is 14.4. The lowest BCUT2D eigenvalue weighted by Crippen LogP contribution is -2.61. The van der Waals surface area contributed by atoms with E-state index in [2.05, 4.69) is 0 Å². The summed E-state index contributed by atoms with van der Waals surface area (Å²) in [6.45, 7) is 12.7. The van der Waals surface area contributed by atoms with Gasteiger partial charge in [0.15, 0.2) is 5.78 Å². The van der Waals surface area contributed by atoms with Crippen molar-refractivity contribution in [2.75, 3.05) is 27.9 Å². The average Bonchev–Trinajstić information content (AvgIpc) is 3.28. The number of amides is 1. The van der Waals surface area contributed by atoms with Crippen molar-refractivity contribution >= 4 is 29.2 Å². The Morgan fingerprint density at radius 2 is 1.57 bits per heavy atom. The van der Waals surface area contributed by atoms with Crippen LogP contribution in [0.1, 0.15) is 126 Å². The quantitative estimate of drug-likeness (QED) is 0.156. The number of aliphatic hydroxyl groups is 3. The highest BCUT2D eigenvalue weighted by Gasteiger charge is 2.53. The van der Waals surface area contributed by atoms with Gasteiger partial charge in [0.2, 0.25) is 5.79 Å². The number of cyclic esters (lactones) is 1. The van der Waals surface area contributed by atoms with Crippen molar-refractivity contribution in [1.82, 2.24) is 4.90 Å². The summed E-state index contributed by atoms with van der Waals surface area (Å²) in [7, 11) is 4.52. The van der Waals surface area contributed by atoms with Gasteiger partial charge in [-0.15, -0.1) is 0 Å². The number of methoxy groups -OCH3 is 3. The number of hydrogen-bond acceptors (Lipinski definition) is 13. The molecule has 14 heteroatoms. The summed E-state index contributed by atoms with van der Waals surface area (Å²) in [5.74, 6) is -7.96. The Balaban J connectivity index is 1.70. The molecule has 0 spiro atoms. The minimum Gasteiger partial charge on any atom is -0.460 e. The number of fused-ring (bicyclic) bond motifs is 3. The summed E-state index contributed by atoms with van der Waals surface area (Å²) in [6, 6.07) is -1.14. The number of piperidine rings is 1. The summed E-state index contributed by atoms with van der Waals surface area (Å²) in [5, 5.41) is 33.8. The van der Waals surface area contributed by atoms with Gasteiger partial charge >= 0.3 is 5.97 Å². The molecule has 2 saturated heterocycles. The maximum Gasteiger partial charge on any atom is 0.329 e. The van der Waals surface area contributed by atoms with Gasteiger partial charge < -0.3 is 43.9 Å². The zero-order valence-electron chi connectivity index (χ0n) is 40.6. The van der Waals surface area contributed by atoms with Crippen LogP contribution < -0.4 is 0 Å². The molecule has 366 valence electrons. The van der Waals surface area contributed by atoms with E-state index in [0.717, 1.165) is 12.0 Å². The van der Waals surface area contributed by atoms with Crippen LogP contribution in [-0.2, 0) is 47.7 Å². The van der Waals surface area contributed by atoms with E-state index in [1.54, 1.807) is 41.1 Å². The molecule has 3 aliphatic heterocycles. The predicted octanol–water partition coefficient (Wildman–Crippen LogP) is 6.18. The van der Waals surface area contributed by atoms with Crippen molar-refractivity contribution in [2.24, 2.45) is 35.5 Å². The van der Waals surface area contributed by atoms with E-state index in [1.807, 2.05) is 58.1 Å². The third-order valence-corrected chi connectivity index (χ3v) is 14.5. The molecule has 0 radical (unpaired) electrons. The number of carbonyl (C=O) groups excluding carboxylic acids is 5. The number of nitrogens with zero attached hydrogens (tertiary/aromatic N) is 1. The molecule has 3 fully saturated rings. The fourth-order valence-electron chi connectivity index (χ4n) is 10.1. The van der Waals surface area contributed by atoms with Gasteiger partial charge in [-0.25, -0.2) is 4.79 Å². The smallest absolute Gasteiger partial charge is 0.329 e. The number of allylic oxidation sites excluding steroid dienone is 6. The molecule has 3 heterocycles. The van der Waals surface area contributed by atoms with Gasteiger partial charge in [-0.05, 0) is 107 Å². The van der Waals surface area contributed by atoms with Gasteiger partial charge in [0.25, 0.3) is 11.7 Å². The second kappa shape index (κ2) is 25.1. The zero-order valence-corrected chi connectivity index (χ0v) is 40.6. The second-order valence-corrected chi connectivity index (χ2v) is 19.6. The first kappa shape index (κ1) is 54.2. The van der Waals surface area contributed by atoms with Crippen LogP contribution in [0.4, 0.5) is 0 Å². The Kier molecular flexibility index (Phi) is 21.0. The Hall–Kier alpha value is -3.37. The fraction of sp³-hybridized carbons (Fsp3) is 0.745. The first-order valence-electron chi connectivity index (χ1n) is 23.9. The lowest BCUT2D eigenvalue weighted by Gasteiger charge is -2.42. The molecule has 1 saturated carbocycles. The Labute approximate surface area is 387 Å². The molecule has 15 atom stereocenters. The molecule has 3 N–H and O–H groups in total. The minimum atomic E-state index is -2.43. The lowest BCUT2D eigenvalue weighted by atomic mass is 9.78. The van der Waals surface area contributed by atoms with Gasteiger partial charge in [-0.1, -0.05) is 71.1 Å². The summed E-state index contributed by atoms with van der Waals surface area (Å²) >= 11 is 0. The molecule has 0 aromatic rings. The number of Topliss-reactive ketones (excluding diaryl/α,β-unsaturated/α-hetero) is 3. The highest BCUT2D eigenvalue weighted by Crippen LogP contribution is 2.38. The third-order valence-electron chi connectivity index (χ3n) is 14.5. The van der Waals surface area contributed by atoms with E-state index in [1.165, 1.54) is 12.0 Å². The molecule has 14 nitrogen and oxygen atoms in total. The van der Waals surface area contributed by atoms with E-state index in [0.29, 0.717) is 63.4 Å². The third kappa shape index (κ3) is 14.3. The Bertz CT molecular complexity index is 1760. The van der Waals surface area contributed by atoms with Gasteiger partial charge in [-0.3, -0.25) is 19.2 Å². The monoisotopic (exact) mass is 914 g/mol. The molecule has 65 heavy (non-hydrogen) atoms. The van der Waals surface area contributed by atoms with Crippen LogP contribution >= 0.6 is 0 Å². The molecule has 4 aliphatic rings. The van der Waals surface area contributed by atoms with Gasteiger partial charge in [0.1, 0.15) is 30.1 Å². The number of rotatable bonds is 6. The van der Waals surface area contributed by atoms with Crippen LogP contribution in [0.15, 0.2) is 47.6 Å². The van der Waals surface area contributed by atoms with E-state index in [-0.39, 0.29) is 54.8 Å². The van der Waals surface area contributed by atoms with Crippen LogP contribution in [0.25, 0.3) is 0 Å². The molecule has 2 bridgehead atoms. The largest absolute Gasteiger partial charge is 0.460 e. The number of ether oxygens (including phenoxy) is 5. The minimum absolute atomic E-state index is 0.0193. The summed E-state index contributed by atoms with van der Waals surface area (Å²) in [5.41, 5.74) is 1.27. The van der Waals surface area contributed by atoms with Crippen LogP contribution in [0, 0.1) is 35.5 Å². The summed E-state index contributed by atoms with van der Waals surface area (Å²) < 4.78 is 29.4. The number of esters is 1. The van der Waals surface area contributed by atoms with Gasteiger partial charge in [-0.2, -0.15) is 0 Å². The summed E-state index contributed by atoms with van der Waals surface area (Å²) in [6.07, 6.45) is 11.2. The normalized spacial score (nSPS) is 40.4. The van der Waals surface area contributed by atoms with E-state index in [4.69, 9.17) is 23.7 Å². The molecule has 0 unspecified atom stereocenters. The number of ketones is 3. The molecule has 1 aliphatic carbocycles. The number of hydrogen-bond donors (Lipinski definition) is 3. The van der Waals surface area contributed by atoms with Gasteiger partial charge in [0.05, 0.1) is 24.4 Å². The molecule has 1 amide bonds. The van der Waals surface area contributed by atoms with Crippen molar-refractivity contribution in [3.63, 3.8) is 0 Å². The van der Waals surface area contributed by atoms with Crippen molar-refractivity contribution in [3.05, 3.63) is 47.6 Å². The Morgan fingerprint density at radius 1 is 0.846 bits per heavy atom.